The Bertz CT molecular complexity index is 1080. The second kappa shape index (κ2) is 8.22. The number of hydrogen-bond acceptors (Lipinski definition) is 6. The number of methoxy groups -OCH3 is 2. The van der Waals surface area contributed by atoms with Gasteiger partial charge in [0.1, 0.15) is 17.4 Å². The highest BCUT2D eigenvalue weighted by atomic mass is 16.5. The standard InChI is InChI=1S/C22H26N4O4/c1-5-26-12-24-17-8-14(16-6-7-18(28-3)22(25-16)29-4)9-19(21(17)26)30-13(2)15-10-20(27)23-11-15/h6-9,12-13,15H,5,10-11H2,1-4H3,(H,23,27)/t13-,15?/m1/s1. The lowest BCUT2D eigenvalue weighted by Crippen LogP contribution is -2.25. The number of amides is 1. The van der Waals surface area contributed by atoms with E-state index in [1.807, 2.05) is 37.5 Å². The zero-order valence-electron chi connectivity index (χ0n) is 17.6. The van der Waals surface area contributed by atoms with Crippen LogP contribution in [-0.4, -0.2) is 47.3 Å². The fourth-order valence-corrected chi connectivity index (χ4v) is 3.79. The van der Waals surface area contributed by atoms with E-state index in [0.717, 1.165) is 34.6 Å². The molecule has 2 aromatic heterocycles. The molecule has 0 spiro atoms. The van der Waals surface area contributed by atoms with Crippen molar-refractivity contribution in [3.63, 3.8) is 0 Å². The number of rotatable bonds is 7. The normalized spacial score (nSPS) is 17.1. The molecular formula is C22H26N4O4. The summed E-state index contributed by atoms with van der Waals surface area (Å²) in [5, 5.41) is 2.88. The van der Waals surface area contributed by atoms with Gasteiger partial charge in [0.25, 0.3) is 5.88 Å². The highest BCUT2D eigenvalue weighted by Gasteiger charge is 2.28. The monoisotopic (exact) mass is 410 g/mol. The van der Waals surface area contributed by atoms with Crippen molar-refractivity contribution in [2.24, 2.45) is 5.92 Å². The van der Waals surface area contributed by atoms with E-state index in [1.165, 1.54) is 0 Å². The third-order valence-electron chi connectivity index (χ3n) is 5.54. The summed E-state index contributed by atoms with van der Waals surface area (Å²) in [6.45, 7) is 5.48. The van der Waals surface area contributed by atoms with Crippen molar-refractivity contribution in [3.8, 4) is 28.6 Å². The van der Waals surface area contributed by atoms with Crippen LogP contribution in [0.1, 0.15) is 20.3 Å². The van der Waals surface area contributed by atoms with Crippen molar-refractivity contribution in [1.29, 1.82) is 0 Å². The minimum atomic E-state index is -0.124. The van der Waals surface area contributed by atoms with Gasteiger partial charge in [-0.05, 0) is 38.1 Å². The van der Waals surface area contributed by atoms with Gasteiger partial charge in [0.15, 0.2) is 5.75 Å². The molecule has 1 saturated heterocycles. The van der Waals surface area contributed by atoms with E-state index in [4.69, 9.17) is 14.2 Å². The lowest BCUT2D eigenvalue weighted by Gasteiger charge is -2.21. The quantitative estimate of drug-likeness (QED) is 0.644. The summed E-state index contributed by atoms with van der Waals surface area (Å²) < 4.78 is 19.1. The van der Waals surface area contributed by atoms with E-state index in [9.17, 15) is 4.79 Å². The molecule has 1 aliphatic rings. The van der Waals surface area contributed by atoms with E-state index in [2.05, 4.69) is 26.8 Å². The van der Waals surface area contributed by atoms with Crippen LogP contribution in [0.3, 0.4) is 0 Å². The molecule has 1 aliphatic heterocycles. The van der Waals surface area contributed by atoms with Crippen LogP contribution in [0.15, 0.2) is 30.6 Å². The van der Waals surface area contributed by atoms with Crippen molar-refractivity contribution in [2.75, 3.05) is 20.8 Å². The maximum Gasteiger partial charge on any atom is 0.257 e. The Hall–Kier alpha value is -3.29. The van der Waals surface area contributed by atoms with Crippen LogP contribution in [0.2, 0.25) is 0 Å². The first-order valence-corrected chi connectivity index (χ1v) is 10.1. The molecule has 158 valence electrons. The van der Waals surface area contributed by atoms with E-state index in [-0.39, 0.29) is 17.9 Å². The predicted molar refractivity (Wildman–Crippen MR) is 113 cm³/mol. The molecule has 1 N–H and O–H groups in total. The second-order valence-electron chi connectivity index (χ2n) is 7.37. The summed E-state index contributed by atoms with van der Waals surface area (Å²) in [5.41, 5.74) is 3.36. The van der Waals surface area contributed by atoms with Crippen molar-refractivity contribution >= 4 is 16.9 Å². The van der Waals surface area contributed by atoms with Gasteiger partial charge in [-0.1, -0.05) is 0 Å². The molecule has 0 saturated carbocycles. The average Bonchev–Trinajstić information content (AvgIpc) is 3.39. The SMILES string of the molecule is CCn1cnc2cc(-c3ccc(OC)c(OC)n3)cc(O[C@H](C)C3CNC(=O)C3)c21. The van der Waals surface area contributed by atoms with Gasteiger partial charge in [0, 0.05) is 31.0 Å². The number of nitrogens with zero attached hydrogens (tertiary/aromatic N) is 3. The molecule has 1 amide bonds. The molecule has 1 fully saturated rings. The second-order valence-corrected chi connectivity index (χ2v) is 7.37. The third-order valence-corrected chi connectivity index (χ3v) is 5.54. The molecule has 1 unspecified atom stereocenters. The van der Waals surface area contributed by atoms with Crippen LogP contribution in [0.5, 0.6) is 17.4 Å². The number of pyridine rings is 1. The largest absolute Gasteiger partial charge is 0.491 e. The van der Waals surface area contributed by atoms with Crippen LogP contribution in [0, 0.1) is 5.92 Å². The first kappa shape index (κ1) is 20.0. The van der Waals surface area contributed by atoms with E-state index in [0.29, 0.717) is 24.6 Å². The first-order chi connectivity index (χ1) is 14.5. The fraction of sp³-hybridized carbons (Fsp3) is 0.409. The van der Waals surface area contributed by atoms with E-state index >= 15 is 0 Å². The number of aryl methyl sites for hydroxylation is 1. The molecule has 3 aromatic rings. The summed E-state index contributed by atoms with van der Waals surface area (Å²) in [6.07, 6.45) is 2.17. The van der Waals surface area contributed by atoms with Gasteiger partial charge in [0.05, 0.1) is 31.8 Å². The van der Waals surface area contributed by atoms with Gasteiger partial charge in [-0.3, -0.25) is 4.79 Å². The number of imidazole rings is 1. The lowest BCUT2D eigenvalue weighted by molar-refractivity contribution is -0.119. The van der Waals surface area contributed by atoms with Gasteiger partial charge in [-0.15, -0.1) is 0 Å². The Kier molecular flexibility index (Phi) is 5.48. The summed E-state index contributed by atoms with van der Waals surface area (Å²) in [7, 11) is 3.15. The number of carbonyl (C=O) groups is 1. The molecule has 0 radical (unpaired) electrons. The Balaban J connectivity index is 1.76. The zero-order chi connectivity index (χ0) is 21.3. The third kappa shape index (κ3) is 3.65. The van der Waals surface area contributed by atoms with Crippen molar-refractivity contribution in [3.05, 3.63) is 30.6 Å². The summed E-state index contributed by atoms with van der Waals surface area (Å²) >= 11 is 0. The van der Waals surface area contributed by atoms with Crippen LogP contribution in [-0.2, 0) is 11.3 Å². The summed E-state index contributed by atoms with van der Waals surface area (Å²) in [5.74, 6) is 1.92. The van der Waals surface area contributed by atoms with Crippen LogP contribution >= 0.6 is 0 Å². The number of aromatic nitrogens is 3. The molecule has 4 rings (SSSR count). The number of benzene rings is 1. The molecule has 0 aliphatic carbocycles. The maximum atomic E-state index is 11.6. The molecule has 30 heavy (non-hydrogen) atoms. The fourth-order valence-electron chi connectivity index (χ4n) is 3.79. The highest BCUT2D eigenvalue weighted by molar-refractivity contribution is 5.87. The molecule has 3 heterocycles. The number of ether oxygens (including phenoxy) is 3. The topological polar surface area (TPSA) is 87.5 Å². The first-order valence-electron chi connectivity index (χ1n) is 10.1. The number of nitrogens with one attached hydrogen (secondary N) is 1. The number of hydrogen-bond donors (Lipinski definition) is 1. The molecule has 8 heteroatoms. The minimum Gasteiger partial charge on any atom is -0.491 e. The Labute approximate surface area is 175 Å². The van der Waals surface area contributed by atoms with E-state index < -0.39 is 0 Å². The maximum absolute atomic E-state index is 11.6. The minimum absolute atomic E-state index is 0.0717. The van der Waals surface area contributed by atoms with Gasteiger partial charge in [-0.25, -0.2) is 9.97 Å². The average molecular weight is 410 g/mol. The Morgan fingerprint density at radius 1 is 1.23 bits per heavy atom. The van der Waals surface area contributed by atoms with Gasteiger partial charge < -0.3 is 24.1 Å². The predicted octanol–water partition coefficient (Wildman–Crippen LogP) is 3.04. The lowest BCUT2D eigenvalue weighted by atomic mass is 10.0. The van der Waals surface area contributed by atoms with E-state index in [1.54, 1.807) is 14.2 Å². The number of fused-ring (bicyclic) bond motifs is 1. The molecular weight excluding hydrogens is 384 g/mol. The highest BCUT2D eigenvalue weighted by Crippen LogP contribution is 2.35. The summed E-state index contributed by atoms with van der Waals surface area (Å²) in [4.78, 5) is 20.8. The van der Waals surface area contributed by atoms with Gasteiger partial charge in [0.2, 0.25) is 5.91 Å². The van der Waals surface area contributed by atoms with Crippen molar-refractivity contribution < 1.29 is 19.0 Å². The van der Waals surface area contributed by atoms with Crippen LogP contribution in [0.25, 0.3) is 22.3 Å². The number of carbonyl (C=O) groups excluding carboxylic acids is 1. The molecule has 2 atom stereocenters. The zero-order valence-corrected chi connectivity index (χ0v) is 17.6. The van der Waals surface area contributed by atoms with Gasteiger partial charge in [-0.2, -0.15) is 0 Å². The van der Waals surface area contributed by atoms with Gasteiger partial charge >= 0.3 is 0 Å². The molecule has 0 bridgehead atoms. The summed E-state index contributed by atoms with van der Waals surface area (Å²) in [6, 6.07) is 7.68. The molecule has 8 nitrogen and oxygen atoms in total. The Morgan fingerprint density at radius 2 is 2.07 bits per heavy atom. The molecule has 1 aromatic carbocycles. The van der Waals surface area contributed by atoms with Crippen molar-refractivity contribution in [2.45, 2.75) is 32.9 Å². The van der Waals surface area contributed by atoms with Crippen LogP contribution in [0.4, 0.5) is 0 Å². The smallest absolute Gasteiger partial charge is 0.257 e. The van der Waals surface area contributed by atoms with Crippen LogP contribution < -0.4 is 19.5 Å². The van der Waals surface area contributed by atoms with Crippen molar-refractivity contribution in [1.82, 2.24) is 19.9 Å². The Morgan fingerprint density at radius 3 is 2.73 bits per heavy atom.